The highest BCUT2D eigenvalue weighted by atomic mass is 16.3. The highest BCUT2D eigenvalue weighted by Gasteiger charge is 2.12. The third-order valence-electron chi connectivity index (χ3n) is 3.32. The summed E-state index contributed by atoms with van der Waals surface area (Å²) in [5.41, 5.74) is 4.07. The molecular formula is C14H20O. The average molecular weight is 204 g/mol. The minimum atomic E-state index is -0.262. The number of aryl methyl sites for hydroxylation is 2. The lowest BCUT2D eigenvalue weighted by molar-refractivity contribution is 0.166. The van der Waals surface area contributed by atoms with Crippen LogP contribution in [0.5, 0.6) is 0 Å². The molecule has 0 saturated carbocycles. The monoisotopic (exact) mass is 204 g/mol. The fourth-order valence-electron chi connectivity index (χ4n) is 2.40. The summed E-state index contributed by atoms with van der Waals surface area (Å²) in [6.45, 7) is 2.11. The maximum Gasteiger partial charge on any atom is 0.0790 e. The lowest BCUT2D eigenvalue weighted by atomic mass is 9.89. The van der Waals surface area contributed by atoms with Crippen molar-refractivity contribution >= 4 is 0 Å². The maximum absolute atomic E-state index is 9.92. The molecule has 1 atom stereocenters. The SMILES string of the molecule is CCCC(O)c1ccc2c(c1)CCCC2. The van der Waals surface area contributed by atoms with Gasteiger partial charge in [-0.1, -0.05) is 31.5 Å². The first kappa shape index (κ1) is 10.7. The van der Waals surface area contributed by atoms with E-state index < -0.39 is 0 Å². The molecule has 82 valence electrons. The van der Waals surface area contributed by atoms with Gasteiger partial charge in [-0.3, -0.25) is 0 Å². The quantitative estimate of drug-likeness (QED) is 0.800. The van der Waals surface area contributed by atoms with E-state index in [-0.39, 0.29) is 6.10 Å². The standard InChI is InChI=1S/C14H20O/c1-2-5-14(15)13-9-8-11-6-3-4-7-12(11)10-13/h8-10,14-15H,2-7H2,1H3. The Balaban J connectivity index is 2.20. The van der Waals surface area contributed by atoms with Crippen LogP contribution in [0.25, 0.3) is 0 Å². The van der Waals surface area contributed by atoms with Crippen molar-refractivity contribution in [3.05, 3.63) is 34.9 Å². The van der Waals surface area contributed by atoms with Crippen molar-refractivity contribution in [3.63, 3.8) is 0 Å². The first-order valence-corrected chi connectivity index (χ1v) is 6.11. The zero-order valence-corrected chi connectivity index (χ0v) is 9.50. The summed E-state index contributed by atoms with van der Waals surface area (Å²) in [5.74, 6) is 0. The lowest BCUT2D eigenvalue weighted by Crippen LogP contribution is -2.05. The van der Waals surface area contributed by atoms with Crippen LogP contribution in [0.1, 0.15) is 55.4 Å². The van der Waals surface area contributed by atoms with E-state index in [1.165, 1.54) is 36.8 Å². The second-order valence-electron chi connectivity index (χ2n) is 4.54. The van der Waals surface area contributed by atoms with E-state index >= 15 is 0 Å². The molecule has 1 unspecified atom stereocenters. The minimum absolute atomic E-state index is 0.262. The van der Waals surface area contributed by atoms with Crippen LogP contribution in [0.2, 0.25) is 0 Å². The Bertz CT molecular complexity index is 330. The summed E-state index contributed by atoms with van der Waals surface area (Å²) in [4.78, 5) is 0. The first-order chi connectivity index (χ1) is 7.31. The molecule has 0 fully saturated rings. The Labute approximate surface area is 92.1 Å². The lowest BCUT2D eigenvalue weighted by Gasteiger charge is -2.18. The Hall–Kier alpha value is -0.820. The highest BCUT2D eigenvalue weighted by molar-refractivity contribution is 5.34. The molecule has 1 aromatic carbocycles. The van der Waals surface area contributed by atoms with Gasteiger partial charge < -0.3 is 5.11 Å². The van der Waals surface area contributed by atoms with E-state index in [0.717, 1.165) is 18.4 Å². The summed E-state index contributed by atoms with van der Waals surface area (Å²) in [6.07, 6.45) is 6.70. The zero-order valence-electron chi connectivity index (χ0n) is 9.50. The van der Waals surface area contributed by atoms with Gasteiger partial charge in [-0.05, 0) is 48.8 Å². The molecule has 0 radical (unpaired) electrons. The van der Waals surface area contributed by atoms with Crippen molar-refractivity contribution in [2.75, 3.05) is 0 Å². The third-order valence-corrected chi connectivity index (χ3v) is 3.32. The second-order valence-corrected chi connectivity index (χ2v) is 4.54. The molecule has 1 aliphatic rings. The maximum atomic E-state index is 9.92. The molecule has 2 rings (SSSR count). The second kappa shape index (κ2) is 4.80. The Morgan fingerprint density at radius 3 is 2.67 bits per heavy atom. The molecule has 0 saturated heterocycles. The van der Waals surface area contributed by atoms with Gasteiger partial charge in [0.1, 0.15) is 0 Å². The van der Waals surface area contributed by atoms with Gasteiger partial charge in [0.2, 0.25) is 0 Å². The van der Waals surface area contributed by atoms with Crippen LogP contribution in [0.4, 0.5) is 0 Å². The van der Waals surface area contributed by atoms with Crippen LogP contribution < -0.4 is 0 Å². The number of rotatable bonds is 3. The molecule has 15 heavy (non-hydrogen) atoms. The van der Waals surface area contributed by atoms with Crippen molar-refractivity contribution < 1.29 is 5.11 Å². The van der Waals surface area contributed by atoms with Gasteiger partial charge in [-0.25, -0.2) is 0 Å². The van der Waals surface area contributed by atoms with Crippen molar-refractivity contribution in [3.8, 4) is 0 Å². The molecule has 1 nitrogen and oxygen atoms in total. The zero-order chi connectivity index (χ0) is 10.7. The fraction of sp³-hybridized carbons (Fsp3) is 0.571. The smallest absolute Gasteiger partial charge is 0.0790 e. The molecular weight excluding hydrogens is 184 g/mol. The number of aliphatic hydroxyl groups excluding tert-OH is 1. The molecule has 1 aromatic rings. The molecule has 0 aromatic heterocycles. The molecule has 0 heterocycles. The van der Waals surface area contributed by atoms with E-state index in [1.807, 2.05) is 0 Å². The summed E-state index contributed by atoms with van der Waals surface area (Å²) in [6, 6.07) is 6.53. The van der Waals surface area contributed by atoms with Crippen molar-refractivity contribution in [1.29, 1.82) is 0 Å². The van der Waals surface area contributed by atoms with Gasteiger partial charge in [0.05, 0.1) is 6.10 Å². The predicted molar refractivity (Wildman–Crippen MR) is 63.0 cm³/mol. The number of hydrogen-bond acceptors (Lipinski definition) is 1. The van der Waals surface area contributed by atoms with Crippen LogP contribution in [-0.4, -0.2) is 5.11 Å². The molecule has 1 N–H and O–H groups in total. The topological polar surface area (TPSA) is 20.2 Å². The van der Waals surface area contributed by atoms with Crippen molar-refractivity contribution in [2.45, 2.75) is 51.6 Å². The fourth-order valence-corrected chi connectivity index (χ4v) is 2.40. The molecule has 0 spiro atoms. The molecule has 0 bridgehead atoms. The Morgan fingerprint density at radius 2 is 1.93 bits per heavy atom. The Morgan fingerprint density at radius 1 is 1.20 bits per heavy atom. The molecule has 1 aliphatic carbocycles. The van der Waals surface area contributed by atoms with Crippen LogP contribution in [-0.2, 0) is 12.8 Å². The minimum Gasteiger partial charge on any atom is -0.388 e. The van der Waals surface area contributed by atoms with E-state index in [4.69, 9.17) is 0 Å². The van der Waals surface area contributed by atoms with Gasteiger partial charge in [-0.2, -0.15) is 0 Å². The van der Waals surface area contributed by atoms with Gasteiger partial charge in [0.15, 0.2) is 0 Å². The van der Waals surface area contributed by atoms with Crippen molar-refractivity contribution in [1.82, 2.24) is 0 Å². The normalized spacial score (nSPS) is 17.2. The first-order valence-electron chi connectivity index (χ1n) is 6.11. The van der Waals surface area contributed by atoms with Crippen LogP contribution in [0.15, 0.2) is 18.2 Å². The highest BCUT2D eigenvalue weighted by Crippen LogP contribution is 2.26. The summed E-state index contributed by atoms with van der Waals surface area (Å²) < 4.78 is 0. The van der Waals surface area contributed by atoms with E-state index in [9.17, 15) is 5.11 Å². The number of hydrogen-bond donors (Lipinski definition) is 1. The number of fused-ring (bicyclic) bond motifs is 1. The van der Waals surface area contributed by atoms with Gasteiger partial charge in [0.25, 0.3) is 0 Å². The van der Waals surface area contributed by atoms with E-state index in [0.29, 0.717) is 0 Å². The molecule has 0 aliphatic heterocycles. The molecule has 0 amide bonds. The van der Waals surface area contributed by atoms with E-state index in [1.54, 1.807) is 0 Å². The number of aliphatic hydroxyl groups is 1. The van der Waals surface area contributed by atoms with Gasteiger partial charge >= 0.3 is 0 Å². The van der Waals surface area contributed by atoms with Crippen LogP contribution in [0.3, 0.4) is 0 Å². The summed E-state index contributed by atoms with van der Waals surface area (Å²) in [5, 5.41) is 9.92. The third kappa shape index (κ3) is 2.40. The predicted octanol–water partition coefficient (Wildman–Crippen LogP) is 3.40. The van der Waals surface area contributed by atoms with Gasteiger partial charge in [0, 0.05) is 0 Å². The summed E-state index contributed by atoms with van der Waals surface area (Å²) in [7, 11) is 0. The van der Waals surface area contributed by atoms with Crippen LogP contribution >= 0.6 is 0 Å². The van der Waals surface area contributed by atoms with E-state index in [2.05, 4.69) is 25.1 Å². The van der Waals surface area contributed by atoms with Crippen molar-refractivity contribution in [2.24, 2.45) is 0 Å². The Kier molecular flexibility index (Phi) is 3.42. The van der Waals surface area contributed by atoms with Crippen LogP contribution in [0, 0.1) is 0 Å². The largest absolute Gasteiger partial charge is 0.388 e. The van der Waals surface area contributed by atoms with Gasteiger partial charge in [-0.15, -0.1) is 0 Å². The molecule has 1 heteroatoms. The summed E-state index contributed by atoms with van der Waals surface area (Å²) >= 11 is 0. The average Bonchev–Trinajstić information content (AvgIpc) is 2.29. The number of benzene rings is 1.